The fourth-order valence-electron chi connectivity index (χ4n) is 2.40. The maximum Gasteiger partial charge on any atom is 0.229 e. The van der Waals surface area contributed by atoms with Crippen molar-refractivity contribution in [1.82, 2.24) is 10.3 Å². The lowest BCUT2D eigenvalue weighted by Gasteiger charge is -2.11. The number of aromatic nitrogens is 1. The molecule has 122 valence electrons. The summed E-state index contributed by atoms with van der Waals surface area (Å²) in [5, 5.41) is 2.86. The number of hydrogen-bond acceptors (Lipinski definition) is 3. The van der Waals surface area contributed by atoms with Crippen molar-refractivity contribution in [3.05, 3.63) is 41.8 Å². The van der Waals surface area contributed by atoms with E-state index in [4.69, 9.17) is 27.6 Å². The predicted octanol–water partition coefficient (Wildman–Crippen LogP) is 3.89. The molecule has 0 saturated heterocycles. The third-order valence-corrected chi connectivity index (χ3v) is 5.38. The third-order valence-electron chi connectivity index (χ3n) is 4.28. The van der Waals surface area contributed by atoms with Crippen molar-refractivity contribution in [3.8, 4) is 11.5 Å². The number of rotatable bonds is 5. The summed E-state index contributed by atoms with van der Waals surface area (Å²) >= 11 is 12.0. The Labute approximate surface area is 145 Å². The summed E-state index contributed by atoms with van der Waals surface area (Å²) in [5.74, 6) is 0.464. The molecule has 2 aromatic rings. The molecule has 0 aliphatic heterocycles. The quantitative estimate of drug-likeness (QED) is 0.830. The monoisotopic (exact) mass is 352 g/mol. The second kappa shape index (κ2) is 5.84. The lowest BCUT2D eigenvalue weighted by atomic mass is 10.1. The van der Waals surface area contributed by atoms with Crippen LogP contribution in [0.1, 0.15) is 24.6 Å². The molecule has 1 aliphatic carbocycles. The molecule has 1 N–H and O–H groups in total. The molecule has 4 nitrogen and oxygen atoms in total. The number of nitrogens with zero attached hydrogens (tertiary/aromatic N) is 1. The van der Waals surface area contributed by atoms with Gasteiger partial charge in [0.15, 0.2) is 0 Å². The Kier molecular flexibility index (Phi) is 4.15. The van der Waals surface area contributed by atoms with Crippen LogP contribution in [0.4, 0.5) is 0 Å². The number of amides is 1. The maximum absolute atomic E-state index is 12.1. The molecule has 0 spiro atoms. The Hall–Kier alpha value is -1.52. The van der Waals surface area contributed by atoms with E-state index in [2.05, 4.69) is 10.3 Å². The first-order chi connectivity index (χ1) is 10.8. The summed E-state index contributed by atoms with van der Waals surface area (Å²) in [6.07, 6.45) is 2.69. The molecule has 1 aliphatic rings. The van der Waals surface area contributed by atoms with Crippen molar-refractivity contribution >= 4 is 29.1 Å². The van der Waals surface area contributed by atoms with Crippen molar-refractivity contribution in [2.24, 2.45) is 5.41 Å². The van der Waals surface area contributed by atoms with Crippen LogP contribution in [0.2, 0.25) is 0 Å². The average Bonchev–Trinajstić information content (AvgIpc) is 2.86. The normalized spacial score (nSPS) is 21.9. The van der Waals surface area contributed by atoms with E-state index < -0.39 is 9.75 Å². The average molecular weight is 353 g/mol. The van der Waals surface area contributed by atoms with Gasteiger partial charge in [-0.25, -0.2) is 4.98 Å². The number of halogens is 2. The van der Waals surface area contributed by atoms with Gasteiger partial charge in [0.05, 0.1) is 11.1 Å². The van der Waals surface area contributed by atoms with Crippen molar-refractivity contribution < 1.29 is 9.21 Å². The zero-order valence-electron chi connectivity index (χ0n) is 13.0. The molecule has 1 heterocycles. The lowest BCUT2D eigenvalue weighted by molar-refractivity contribution is -0.125. The molecule has 1 atom stereocenters. The summed E-state index contributed by atoms with van der Waals surface area (Å²) < 4.78 is 4.55. The van der Waals surface area contributed by atoms with Gasteiger partial charge in [-0.1, -0.05) is 17.7 Å². The maximum atomic E-state index is 12.1. The van der Waals surface area contributed by atoms with E-state index in [1.165, 1.54) is 5.56 Å². The van der Waals surface area contributed by atoms with Crippen LogP contribution in [0.15, 0.2) is 34.9 Å². The van der Waals surface area contributed by atoms with Gasteiger partial charge in [-0.3, -0.25) is 4.79 Å². The van der Waals surface area contributed by atoms with Gasteiger partial charge in [0.25, 0.3) is 0 Å². The largest absolute Gasteiger partial charge is 0.444 e. The van der Waals surface area contributed by atoms with Crippen LogP contribution in [-0.2, 0) is 11.2 Å². The lowest BCUT2D eigenvalue weighted by Crippen LogP contribution is -2.34. The van der Waals surface area contributed by atoms with E-state index in [-0.39, 0.29) is 5.91 Å². The van der Waals surface area contributed by atoms with Gasteiger partial charge in [0, 0.05) is 18.5 Å². The minimum absolute atomic E-state index is 0.121. The van der Waals surface area contributed by atoms with E-state index in [9.17, 15) is 4.79 Å². The van der Waals surface area contributed by atoms with Crippen LogP contribution in [0.25, 0.3) is 11.5 Å². The number of nitrogens with one attached hydrogen (secondary N) is 1. The number of carbonyl (C=O) groups is 1. The second-order valence-electron chi connectivity index (χ2n) is 6.23. The third kappa shape index (κ3) is 3.24. The molecule has 1 fully saturated rings. The zero-order chi connectivity index (χ0) is 16.7. The summed E-state index contributed by atoms with van der Waals surface area (Å²) in [6, 6.07) is 7.98. The van der Waals surface area contributed by atoms with Gasteiger partial charge in [0.1, 0.15) is 10.6 Å². The van der Waals surface area contributed by atoms with Crippen molar-refractivity contribution in [2.75, 3.05) is 6.54 Å². The van der Waals surface area contributed by atoms with E-state index >= 15 is 0 Å². The number of oxazole rings is 1. The van der Waals surface area contributed by atoms with Crippen LogP contribution >= 0.6 is 23.2 Å². The first kappa shape index (κ1) is 16.3. The Morgan fingerprint density at radius 1 is 1.35 bits per heavy atom. The Morgan fingerprint density at radius 3 is 2.61 bits per heavy atom. The molecular weight excluding hydrogens is 335 g/mol. The molecule has 1 amide bonds. The van der Waals surface area contributed by atoms with Crippen LogP contribution in [0, 0.1) is 12.3 Å². The molecule has 1 aromatic heterocycles. The summed E-state index contributed by atoms with van der Waals surface area (Å²) in [7, 11) is 0. The number of aryl methyl sites for hydroxylation is 1. The minimum Gasteiger partial charge on any atom is -0.444 e. The molecule has 0 bridgehead atoms. The summed E-state index contributed by atoms with van der Waals surface area (Å²) in [5.41, 5.74) is 2.23. The topological polar surface area (TPSA) is 55.1 Å². The van der Waals surface area contributed by atoms with Gasteiger partial charge in [-0.2, -0.15) is 0 Å². The van der Waals surface area contributed by atoms with Crippen LogP contribution in [-0.4, -0.2) is 21.8 Å². The number of hydrogen-bond donors (Lipinski definition) is 1. The van der Waals surface area contributed by atoms with Crippen molar-refractivity contribution in [2.45, 2.75) is 31.0 Å². The van der Waals surface area contributed by atoms with Gasteiger partial charge >= 0.3 is 0 Å². The second-order valence-corrected chi connectivity index (χ2v) is 7.71. The van der Waals surface area contributed by atoms with Gasteiger partial charge in [0.2, 0.25) is 11.8 Å². The first-order valence-corrected chi connectivity index (χ1v) is 8.25. The van der Waals surface area contributed by atoms with Gasteiger partial charge < -0.3 is 9.73 Å². The van der Waals surface area contributed by atoms with Crippen molar-refractivity contribution in [3.63, 3.8) is 0 Å². The molecule has 0 radical (unpaired) electrons. The fourth-order valence-corrected chi connectivity index (χ4v) is 3.10. The highest BCUT2D eigenvalue weighted by Gasteiger charge is 2.67. The Bertz CT molecular complexity index is 724. The van der Waals surface area contributed by atoms with Crippen LogP contribution < -0.4 is 5.32 Å². The highest BCUT2D eigenvalue weighted by molar-refractivity contribution is 6.53. The minimum atomic E-state index is -0.941. The Balaban J connectivity index is 1.54. The molecular formula is C17H18Cl2N2O2. The number of benzene rings is 1. The first-order valence-electron chi connectivity index (χ1n) is 7.49. The molecule has 23 heavy (non-hydrogen) atoms. The van der Waals surface area contributed by atoms with Crippen molar-refractivity contribution in [1.29, 1.82) is 0 Å². The van der Waals surface area contributed by atoms with Crippen LogP contribution in [0.5, 0.6) is 0 Å². The van der Waals surface area contributed by atoms with Crippen LogP contribution in [0.3, 0.4) is 0 Å². The highest BCUT2D eigenvalue weighted by Crippen LogP contribution is 2.63. The predicted molar refractivity (Wildman–Crippen MR) is 90.6 cm³/mol. The van der Waals surface area contributed by atoms with E-state index in [1.54, 1.807) is 13.2 Å². The van der Waals surface area contributed by atoms with E-state index in [0.29, 0.717) is 25.3 Å². The molecule has 6 heteroatoms. The van der Waals surface area contributed by atoms with Gasteiger partial charge in [-0.15, -0.1) is 23.2 Å². The SMILES string of the molecule is Cc1ccc(-c2nc(CCNC(=O)[C@@]3(C)CC3(Cl)Cl)co2)cc1. The number of alkyl halides is 2. The fraction of sp³-hybridized carbons (Fsp3) is 0.412. The standard InChI is InChI=1S/C17H18Cl2N2O2/c1-11-3-5-12(6-4-11)14-21-13(9-23-14)7-8-20-15(22)16(2)10-17(16,18)19/h3-6,9H,7-8,10H2,1-2H3,(H,20,22)/t16-/m1/s1. The highest BCUT2D eigenvalue weighted by atomic mass is 35.5. The summed E-state index contributed by atoms with van der Waals surface area (Å²) in [4.78, 5) is 16.5. The van der Waals surface area contributed by atoms with E-state index in [1.807, 2.05) is 31.2 Å². The Morgan fingerprint density at radius 2 is 2.00 bits per heavy atom. The molecule has 3 rings (SSSR count). The number of carbonyl (C=O) groups excluding carboxylic acids is 1. The smallest absolute Gasteiger partial charge is 0.229 e. The molecule has 0 unspecified atom stereocenters. The summed E-state index contributed by atoms with van der Waals surface area (Å²) in [6.45, 7) is 4.27. The zero-order valence-corrected chi connectivity index (χ0v) is 14.5. The molecule has 1 saturated carbocycles. The van der Waals surface area contributed by atoms with Gasteiger partial charge in [-0.05, 0) is 32.4 Å². The molecule has 1 aromatic carbocycles. The van der Waals surface area contributed by atoms with E-state index in [0.717, 1.165) is 11.3 Å².